The number of aromatic nitrogens is 2. The molecule has 1 aromatic carbocycles. The second-order valence-corrected chi connectivity index (χ2v) is 5.96. The molecule has 7 heteroatoms. The first-order chi connectivity index (χ1) is 11.8. The van der Waals surface area contributed by atoms with E-state index in [0.29, 0.717) is 46.0 Å². The zero-order chi connectivity index (χ0) is 16.4. The Labute approximate surface area is 140 Å². The first-order valence-electron chi connectivity index (χ1n) is 8.26. The summed E-state index contributed by atoms with van der Waals surface area (Å²) in [6, 6.07) is 7.92. The Morgan fingerprint density at radius 3 is 2.79 bits per heavy atom. The van der Waals surface area contributed by atoms with Crippen molar-refractivity contribution < 1.29 is 14.3 Å². The first-order valence-corrected chi connectivity index (χ1v) is 8.26. The number of amides is 1. The third-order valence-electron chi connectivity index (χ3n) is 4.49. The zero-order valence-electron chi connectivity index (χ0n) is 13.4. The van der Waals surface area contributed by atoms with Crippen molar-refractivity contribution >= 4 is 22.6 Å². The lowest BCUT2D eigenvalue weighted by Crippen LogP contribution is -2.53. The fourth-order valence-electron chi connectivity index (χ4n) is 3.22. The molecule has 0 radical (unpaired) electrons. The van der Waals surface area contributed by atoms with Gasteiger partial charge in [-0.25, -0.2) is 9.97 Å². The standard InChI is InChI=1S/C17H20N4O3/c22-17(20-5-8-23-9-6-20)15-11-21(7-10-24-15)16-13-3-1-2-4-14(13)18-12-19-16/h1-4,12,15H,5-11H2. The SMILES string of the molecule is O=C(C1CN(c2ncnc3ccccc23)CCO1)N1CCOCC1. The number of fused-ring (bicyclic) bond motifs is 1. The van der Waals surface area contributed by atoms with Crippen LogP contribution in [0.1, 0.15) is 0 Å². The molecule has 2 fully saturated rings. The van der Waals surface area contributed by atoms with E-state index < -0.39 is 6.10 Å². The van der Waals surface area contributed by atoms with Gasteiger partial charge < -0.3 is 19.3 Å². The Kier molecular flexibility index (Phi) is 4.27. The highest BCUT2D eigenvalue weighted by molar-refractivity contribution is 5.90. The molecule has 3 heterocycles. The van der Waals surface area contributed by atoms with E-state index in [4.69, 9.17) is 9.47 Å². The summed E-state index contributed by atoms with van der Waals surface area (Å²) in [7, 11) is 0. The zero-order valence-corrected chi connectivity index (χ0v) is 13.4. The van der Waals surface area contributed by atoms with Crippen LogP contribution >= 0.6 is 0 Å². The Hall–Kier alpha value is -2.25. The summed E-state index contributed by atoms with van der Waals surface area (Å²) in [4.78, 5) is 25.4. The van der Waals surface area contributed by atoms with E-state index in [1.807, 2.05) is 29.2 Å². The summed E-state index contributed by atoms with van der Waals surface area (Å²) in [6.07, 6.45) is 1.12. The number of hydrogen-bond acceptors (Lipinski definition) is 6. The van der Waals surface area contributed by atoms with Crippen LogP contribution in [0.4, 0.5) is 5.82 Å². The number of morpholine rings is 2. The van der Waals surface area contributed by atoms with Gasteiger partial charge in [0.05, 0.1) is 31.9 Å². The fraction of sp³-hybridized carbons (Fsp3) is 0.471. The van der Waals surface area contributed by atoms with E-state index in [1.54, 1.807) is 6.33 Å². The Morgan fingerprint density at radius 2 is 1.92 bits per heavy atom. The Morgan fingerprint density at radius 1 is 1.08 bits per heavy atom. The number of anilines is 1. The van der Waals surface area contributed by atoms with Gasteiger partial charge in [-0.05, 0) is 12.1 Å². The van der Waals surface area contributed by atoms with Gasteiger partial charge in [-0.2, -0.15) is 0 Å². The van der Waals surface area contributed by atoms with E-state index in [1.165, 1.54) is 0 Å². The van der Waals surface area contributed by atoms with E-state index in [9.17, 15) is 4.79 Å². The average molecular weight is 328 g/mol. The van der Waals surface area contributed by atoms with Crippen molar-refractivity contribution in [3.05, 3.63) is 30.6 Å². The lowest BCUT2D eigenvalue weighted by molar-refractivity contribution is -0.148. The predicted octanol–water partition coefficient (Wildman–Crippen LogP) is 0.694. The summed E-state index contributed by atoms with van der Waals surface area (Å²) >= 11 is 0. The smallest absolute Gasteiger partial charge is 0.253 e. The fourth-order valence-corrected chi connectivity index (χ4v) is 3.22. The van der Waals surface area contributed by atoms with Crippen LogP contribution in [0, 0.1) is 0 Å². The molecule has 7 nitrogen and oxygen atoms in total. The van der Waals surface area contributed by atoms with E-state index in [-0.39, 0.29) is 5.91 Å². The quantitative estimate of drug-likeness (QED) is 0.808. The molecule has 1 amide bonds. The summed E-state index contributed by atoms with van der Waals surface area (Å²) in [5.41, 5.74) is 0.907. The molecule has 1 aromatic heterocycles. The van der Waals surface area contributed by atoms with E-state index in [0.717, 1.165) is 16.7 Å². The molecular weight excluding hydrogens is 308 g/mol. The number of carbonyl (C=O) groups excluding carboxylic acids is 1. The topological polar surface area (TPSA) is 67.8 Å². The lowest BCUT2D eigenvalue weighted by Gasteiger charge is -2.36. The number of benzene rings is 1. The highest BCUT2D eigenvalue weighted by atomic mass is 16.5. The second-order valence-electron chi connectivity index (χ2n) is 5.96. The largest absolute Gasteiger partial charge is 0.378 e. The summed E-state index contributed by atoms with van der Waals surface area (Å²) in [5.74, 6) is 0.907. The van der Waals surface area contributed by atoms with Gasteiger partial charge in [0.2, 0.25) is 0 Å². The number of rotatable bonds is 2. The maximum atomic E-state index is 12.7. The first kappa shape index (κ1) is 15.3. The maximum absolute atomic E-state index is 12.7. The molecule has 0 saturated carbocycles. The summed E-state index contributed by atoms with van der Waals surface area (Å²) < 4.78 is 11.1. The highest BCUT2D eigenvalue weighted by Crippen LogP contribution is 2.24. The van der Waals surface area contributed by atoms with Crippen molar-refractivity contribution in [3.8, 4) is 0 Å². The van der Waals surface area contributed by atoms with Gasteiger partial charge in [0, 0.05) is 25.0 Å². The molecule has 1 unspecified atom stereocenters. The molecule has 1 atom stereocenters. The number of carbonyl (C=O) groups is 1. The third-order valence-corrected chi connectivity index (χ3v) is 4.49. The summed E-state index contributed by atoms with van der Waals surface area (Å²) in [6.45, 7) is 4.20. The summed E-state index contributed by atoms with van der Waals surface area (Å²) in [5, 5.41) is 1.000. The van der Waals surface area contributed by atoms with Gasteiger partial charge in [0.1, 0.15) is 12.1 Å². The van der Waals surface area contributed by atoms with Crippen molar-refractivity contribution in [2.45, 2.75) is 6.10 Å². The van der Waals surface area contributed by atoms with Crippen molar-refractivity contribution in [1.82, 2.24) is 14.9 Å². The van der Waals surface area contributed by atoms with Gasteiger partial charge in [-0.3, -0.25) is 4.79 Å². The molecule has 24 heavy (non-hydrogen) atoms. The normalized spacial score (nSPS) is 21.9. The molecule has 2 saturated heterocycles. The molecule has 0 N–H and O–H groups in total. The minimum absolute atomic E-state index is 0.0429. The van der Waals surface area contributed by atoms with Crippen LogP contribution in [0.25, 0.3) is 10.9 Å². The molecule has 0 spiro atoms. The molecule has 2 aromatic rings. The van der Waals surface area contributed by atoms with Crippen LogP contribution in [0.2, 0.25) is 0 Å². The van der Waals surface area contributed by atoms with Gasteiger partial charge in [-0.15, -0.1) is 0 Å². The predicted molar refractivity (Wildman–Crippen MR) is 88.9 cm³/mol. The second kappa shape index (κ2) is 6.70. The number of ether oxygens (including phenoxy) is 2. The molecule has 0 aliphatic carbocycles. The van der Waals surface area contributed by atoms with Gasteiger partial charge in [0.15, 0.2) is 6.10 Å². The Balaban J connectivity index is 1.55. The van der Waals surface area contributed by atoms with Gasteiger partial charge >= 0.3 is 0 Å². The van der Waals surface area contributed by atoms with Crippen LogP contribution < -0.4 is 4.90 Å². The highest BCUT2D eigenvalue weighted by Gasteiger charge is 2.32. The van der Waals surface area contributed by atoms with Crippen molar-refractivity contribution in [2.24, 2.45) is 0 Å². The third kappa shape index (κ3) is 2.92. The Bertz CT molecular complexity index is 727. The van der Waals surface area contributed by atoms with E-state index in [2.05, 4.69) is 14.9 Å². The van der Waals surface area contributed by atoms with E-state index >= 15 is 0 Å². The number of para-hydroxylation sites is 1. The average Bonchev–Trinajstić information content (AvgIpc) is 2.68. The molecule has 2 aliphatic heterocycles. The van der Waals surface area contributed by atoms with Crippen molar-refractivity contribution in [1.29, 1.82) is 0 Å². The van der Waals surface area contributed by atoms with Crippen LogP contribution in [0.3, 0.4) is 0 Å². The monoisotopic (exact) mass is 328 g/mol. The number of hydrogen-bond donors (Lipinski definition) is 0. The molecule has 126 valence electrons. The van der Waals surface area contributed by atoms with Crippen LogP contribution in [-0.4, -0.2) is 72.9 Å². The van der Waals surface area contributed by atoms with Crippen LogP contribution in [0.15, 0.2) is 30.6 Å². The van der Waals surface area contributed by atoms with Gasteiger partial charge in [0.25, 0.3) is 5.91 Å². The lowest BCUT2D eigenvalue weighted by atomic mass is 10.2. The van der Waals surface area contributed by atoms with Crippen molar-refractivity contribution in [2.75, 3.05) is 50.9 Å². The number of nitrogens with zero attached hydrogens (tertiary/aromatic N) is 4. The van der Waals surface area contributed by atoms with Crippen LogP contribution in [-0.2, 0) is 14.3 Å². The van der Waals surface area contributed by atoms with Crippen LogP contribution in [0.5, 0.6) is 0 Å². The molecule has 2 aliphatic rings. The van der Waals surface area contributed by atoms with Gasteiger partial charge in [-0.1, -0.05) is 12.1 Å². The minimum atomic E-state index is -0.453. The molecule has 0 bridgehead atoms. The maximum Gasteiger partial charge on any atom is 0.253 e. The minimum Gasteiger partial charge on any atom is -0.378 e. The molecular formula is C17H20N4O3. The van der Waals surface area contributed by atoms with Crippen molar-refractivity contribution in [3.63, 3.8) is 0 Å². The molecule has 4 rings (SSSR count).